The van der Waals surface area contributed by atoms with Gasteiger partial charge in [-0.15, -0.1) is 0 Å². The Morgan fingerprint density at radius 2 is 1.45 bits per heavy atom. The highest BCUT2D eigenvalue weighted by Crippen LogP contribution is 2.34. The van der Waals surface area contributed by atoms with Gasteiger partial charge in [-0.2, -0.15) is 8.42 Å². The number of ether oxygens (including phenoxy) is 4. The second kappa shape index (κ2) is 18.8. The topological polar surface area (TPSA) is 184 Å². The number of nitrogens with zero attached hydrogens (tertiary/aromatic N) is 1. The van der Waals surface area contributed by atoms with Crippen LogP contribution in [-0.2, 0) is 37.7 Å². The van der Waals surface area contributed by atoms with Crippen molar-refractivity contribution in [2.24, 2.45) is 5.73 Å². The summed E-state index contributed by atoms with van der Waals surface area (Å²) in [6, 6.07) is 28.8. The highest BCUT2D eigenvalue weighted by Gasteiger charge is 2.35. The fourth-order valence-electron chi connectivity index (χ4n) is 4.74. The number of carboxylic acid groups (broad SMARTS) is 1. The Balaban J connectivity index is 0.000000230. The lowest BCUT2D eigenvalue weighted by molar-refractivity contribution is -0.131. The summed E-state index contributed by atoms with van der Waals surface area (Å²) in [6.45, 7) is 1.29. The number of carbonyl (C=O) groups is 3. The van der Waals surface area contributed by atoms with Gasteiger partial charge < -0.3 is 29.8 Å². The van der Waals surface area contributed by atoms with Crippen molar-refractivity contribution in [3.8, 4) is 17.2 Å². The molecule has 1 saturated heterocycles. The summed E-state index contributed by atoms with van der Waals surface area (Å²) >= 11 is 0. The summed E-state index contributed by atoms with van der Waals surface area (Å²) in [7, 11) is -2.65. The number of hydrogen-bond donors (Lipinski definition) is 3. The molecule has 0 bridgehead atoms. The number of amides is 1. The molecule has 13 nitrogen and oxygen atoms in total. The third-order valence-corrected chi connectivity index (χ3v) is 8.59. The molecule has 0 saturated carbocycles. The van der Waals surface area contributed by atoms with Gasteiger partial charge in [0.05, 0.1) is 19.4 Å². The van der Waals surface area contributed by atoms with Crippen LogP contribution in [0.3, 0.4) is 0 Å². The van der Waals surface area contributed by atoms with E-state index < -0.39 is 28.1 Å². The highest BCUT2D eigenvalue weighted by molar-refractivity contribution is 7.92. The SMILES string of the molecule is COC(=O)c1c(OCCCCN)cccc1OCc1ccccc1.O=C(O)C=Cc1ccc(N2CC(=O)NS2(=O)=O)c(OCc2ccccc2)c1. The molecule has 4 aromatic rings. The minimum Gasteiger partial charge on any atom is -0.493 e. The van der Waals surface area contributed by atoms with E-state index >= 15 is 0 Å². The third kappa shape index (κ3) is 11.3. The zero-order valence-corrected chi connectivity index (χ0v) is 28.7. The fraction of sp³-hybridized carbons (Fsp3) is 0.216. The van der Waals surface area contributed by atoms with Crippen molar-refractivity contribution in [3.63, 3.8) is 0 Å². The molecule has 51 heavy (non-hydrogen) atoms. The van der Waals surface area contributed by atoms with Crippen molar-refractivity contribution >= 4 is 39.8 Å². The van der Waals surface area contributed by atoms with Crippen molar-refractivity contribution in [3.05, 3.63) is 125 Å². The van der Waals surface area contributed by atoms with Gasteiger partial charge in [-0.3, -0.25) is 4.79 Å². The normalized spacial score (nSPS) is 13.1. The second-order valence-corrected chi connectivity index (χ2v) is 12.5. The molecular weight excluding hydrogens is 678 g/mol. The maximum Gasteiger partial charge on any atom is 0.345 e. The van der Waals surface area contributed by atoms with E-state index in [4.69, 9.17) is 29.8 Å². The highest BCUT2D eigenvalue weighted by atomic mass is 32.2. The van der Waals surface area contributed by atoms with Crippen LogP contribution in [0.1, 0.15) is 39.9 Å². The first-order valence-electron chi connectivity index (χ1n) is 15.9. The molecule has 4 aromatic carbocycles. The molecule has 0 spiro atoms. The average molecular weight is 718 g/mol. The number of carboxylic acids is 1. The predicted molar refractivity (Wildman–Crippen MR) is 191 cm³/mol. The number of hydrogen-bond acceptors (Lipinski definition) is 10. The number of nitrogens with two attached hydrogens (primary N) is 1. The molecule has 14 heteroatoms. The first kappa shape index (κ1) is 38.0. The monoisotopic (exact) mass is 717 g/mol. The van der Waals surface area contributed by atoms with Crippen LogP contribution >= 0.6 is 0 Å². The number of nitrogens with one attached hydrogen (secondary N) is 1. The van der Waals surface area contributed by atoms with E-state index in [0.29, 0.717) is 42.4 Å². The second-order valence-electron chi connectivity index (χ2n) is 10.9. The molecule has 268 valence electrons. The minimum absolute atomic E-state index is 0.176. The first-order chi connectivity index (χ1) is 24.6. The standard InChI is InChI=1S/C19H23NO4.C18H16N2O6S/c1-22-19(21)18-16(23-13-6-5-12-20)10-7-11-17(18)24-14-15-8-3-2-4-9-15;21-17-11-20(27(24,25)19-17)15-8-6-13(7-9-18(22)23)10-16(15)26-12-14-4-2-1-3-5-14/h2-4,7-11H,5-6,12-14,20H2,1H3;1-10H,11-12H2,(H,19,21)(H,22,23). The van der Waals surface area contributed by atoms with E-state index in [-0.39, 0.29) is 24.6 Å². The lowest BCUT2D eigenvalue weighted by Gasteiger charge is -2.19. The molecule has 4 N–H and O–H groups in total. The molecular formula is C37H39N3O10S. The Labute approximate surface area is 296 Å². The van der Waals surface area contributed by atoms with Gasteiger partial charge in [0.25, 0.3) is 5.91 Å². The smallest absolute Gasteiger partial charge is 0.345 e. The van der Waals surface area contributed by atoms with Gasteiger partial charge in [0.1, 0.15) is 42.6 Å². The molecule has 0 atom stereocenters. The van der Waals surface area contributed by atoms with Gasteiger partial charge in [-0.25, -0.2) is 18.6 Å². The Bertz CT molecular complexity index is 1920. The molecule has 0 aromatic heterocycles. The van der Waals surface area contributed by atoms with Gasteiger partial charge in [0, 0.05) is 6.08 Å². The van der Waals surface area contributed by atoms with Crippen molar-refractivity contribution in [1.82, 2.24) is 4.72 Å². The molecule has 1 aliphatic heterocycles. The number of esters is 1. The number of benzene rings is 4. The van der Waals surface area contributed by atoms with Crippen LogP contribution in [0.15, 0.2) is 103 Å². The maximum absolute atomic E-state index is 12.2. The Hall–Kier alpha value is -5.86. The van der Waals surface area contributed by atoms with Crippen LogP contribution in [-0.4, -0.2) is 58.2 Å². The Morgan fingerprint density at radius 1 is 0.843 bits per heavy atom. The molecule has 0 unspecified atom stereocenters. The molecule has 1 fully saturated rings. The van der Waals surface area contributed by atoms with E-state index in [1.165, 1.54) is 25.3 Å². The largest absolute Gasteiger partial charge is 0.493 e. The summed E-state index contributed by atoms with van der Waals surface area (Å²) in [6.07, 6.45) is 4.03. The number of methoxy groups -OCH3 is 1. The quantitative estimate of drug-likeness (QED) is 0.0879. The van der Waals surface area contributed by atoms with E-state index in [2.05, 4.69) is 0 Å². The molecule has 5 rings (SSSR count). The predicted octanol–water partition coefficient (Wildman–Crippen LogP) is 4.71. The van der Waals surface area contributed by atoms with Crippen LogP contribution in [0, 0.1) is 0 Å². The van der Waals surface area contributed by atoms with Gasteiger partial charge in [0.2, 0.25) is 0 Å². The number of unbranched alkanes of at least 4 members (excludes halogenated alkanes) is 1. The van der Waals surface area contributed by atoms with Gasteiger partial charge in [-0.1, -0.05) is 72.8 Å². The maximum atomic E-state index is 12.2. The number of aliphatic carboxylic acids is 1. The van der Waals surface area contributed by atoms with E-state index in [0.717, 1.165) is 34.3 Å². The van der Waals surface area contributed by atoms with Crippen LogP contribution in [0.25, 0.3) is 6.08 Å². The van der Waals surface area contributed by atoms with Gasteiger partial charge in [0.15, 0.2) is 0 Å². The van der Waals surface area contributed by atoms with E-state index in [9.17, 15) is 22.8 Å². The number of rotatable bonds is 15. The average Bonchev–Trinajstić information content (AvgIpc) is 3.42. The van der Waals surface area contributed by atoms with E-state index in [1.807, 2.05) is 65.4 Å². The van der Waals surface area contributed by atoms with Crippen molar-refractivity contribution in [2.45, 2.75) is 26.1 Å². The zero-order chi connectivity index (χ0) is 36.6. The summed E-state index contributed by atoms with van der Waals surface area (Å²) < 4.78 is 49.3. The molecule has 1 amide bonds. The molecule has 1 aliphatic rings. The lowest BCUT2D eigenvalue weighted by atomic mass is 10.1. The van der Waals surface area contributed by atoms with Crippen LogP contribution in [0.4, 0.5) is 5.69 Å². The van der Waals surface area contributed by atoms with E-state index in [1.54, 1.807) is 24.3 Å². The van der Waals surface area contributed by atoms with Crippen molar-refractivity contribution in [2.75, 3.05) is 31.1 Å². The number of anilines is 1. The number of carbonyl (C=O) groups excluding carboxylic acids is 2. The van der Waals surface area contributed by atoms with Crippen molar-refractivity contribution in [1.29, 1.82) is 0 Å². The van der Waals surface area contributed by atoms with Crippen LogP contribution in [0.2, 0.25) is 0 Å². The van der Waals surface area contributed by atoms with Crippen LogP contribution in [0.5, 0.6) is 17.2 Å². The lowest BCUT2D eigenvalue weighted by Crippen LogP contribution is -2.29. The summed E-state index contributed by atoms with van der Waals surface area (Å²) in [5.41, 5.74) is 8.38. The molecule has 0 aliphatic carbocycles. The van der Waals surface area contributed by atoms with Gasteiger partial charge >= 0.3 is 22.1 Å². The minimum atomic E-state index is -3.99. The molecule has 0 radical (unpaired) electrons. The summed E-state index contributed by atoms with van der Waals surface area (Å²) in [5.74, 6) is -1.10. The zero-order valence-electron chi connectivity index (χ0n) is 27.9. The van der Waals surface area contributed by atoms with Gasteiger partial charge in [-0.05, 0) is 66.4 Å². The fourth-order valence-corrected chi connectivity index (χ4v) is 5.90. The Kier molecular flexibility index (Phi) is 14.0. The summed E-state index contributed by atoms with van der Waals surface area (Å²) in [5, 5.41) is 8.77. The third-order valence-electron chi connectivity index (χ3n) is 7.20. The Morgan fingerprint density at radius 3 is 2.00 bits per heavy atom. The van der Waals surface area contributed by atoms with Crippen LogP contribution < -0.4 is 29.0 Å². The first-order valence-corrected chi connectivity index (χ1v) is 17.3. The van der Waals surface area contributed by atoms with Crippen molar-refractivity contribution < 1.29 is 46.9 Å². The summed E-state index contributed by atoms with van der Waals surface area (Å²) in [4.78, 5) is 34.4. The molecule has 1 heterocycles.